The minimum absolute atomic E-state index is 0.0347. The molecule has 0 unspecified atom stereocenters. The second-order valence-electron chi connectivity index (χ2n) is 1.91. The molecule has 0 aliphatic heterocycles. The van der Waals surface area contributed by atoms with Gasteiger partial charge >= 0.3 is 11.4 Å². The van der Waals surface area contributed by atoms with Gasteiger partial charge in [0.1, 0.15) is 0 Å². The smallest absolute Gasteiger partial charge is 0.344 e. The Bertz CT molecular complexity index is 344. The number of hydrogen-bond donors (Lipinski definition) is 3. The third-order valence-corrected chi connectivity index (χ3v) is 1.21. The molecular formula is C4H6N4O2S. The molecule has 6 nitrogen and oxygen atoms in total. The molecule has 0 atom stereocenters. The average Bonchev–Trinajstić information content (AvgIpc) is 2.18. The fraction of sp³-hybridized carbons (Fsp3) is 0.250. The van der Waals surface area contributed by atoms with E-state index in [-0.39, 0.29) is 11.5 Å². The van der Waals surface area contributed by atoms with E-state index in [4.69, 9.17) is 5.73 Å². The molecule has 0 spiro atoms. The summed E-state index contributed by atoms with van der Waals surface area (Å²) in [6.45, 7) is -0.0347. The molecule has 1 aromatic heterocycles. The van der Waals surface area contributed by atoms with Crippen molar-refractivity contribution in [3.05, 3.63) is 21.0 Å². The van der Waals surface area contributed by atoms with Crippen molar-refractivity contribution in [2.45, 2.75) is 6.54 Å². The van der Waals surface area contributed by atoms with Crippen molar-refractivity contribution >= 4 is 17.2 Å². The van der Waals surface area contributed by atoms with Crippen LogP contribution in [0.1, 0.15) is 0 Å². The monoisotopic (exact) mass is 174 g/mol. The summed E-state index contributed by atoms with van der Waals surface area (Å²) < 4.78 is 0.877. The van der Waals surface area contributed by atoms with Crippen LogP contribution in [0.4, 0.5) is 0 Å². The highest BCUT2D eigenvalue weighted by Gasteiger charge is 2.01. The minimum Gasteiger partial charge on any atom is -0.392 e. The lowest BCUT2D eigenvalue weighted by atomic mass is 10.6. The number of hydrogen-bond acceptors (Lipinski definition) is 3. The van der Waals surface area contributed by atoms with Gasteiger partial charge < -0.3 is 5.73 Å². The maximum atomic E-state index is 10.7. The van der Waals surface area contributed by atoms with E-state index in [0.717, 1.165) is 4.57 Å². The Morgan fingerprint density at radius 2 is 1.91 bits per heavy atom. The largest absolute Gasteiger partial charge is 0.392 e. The Morgan fingerprint density at radius 3 is 2.27 bits per heavy atom. The van der Waals surface area contributed by atoms with Crippen molar-refractivity contribution in [1.29, 1.82) is 0 Å². The van der Waals surface area contributed by atoms with Crippen LogP contribution < -0.4 is 17.1 Å². The van der Waals surface area contributed by atoms with Gasteiger partial charge in [-0.05, 0) is 0 Å². The Morgan fingerprint density at radius 1 is 1.45 bits per heavy atom. The first kappa shape index (κ1) is 7.73. The molecule has 7 heteroatoms. The van der Waals surface area contributed by atoms with Crippen molar-refractivity contribution in [1.82, 2.24) is 14.8 Å². The number of nitrogens with two attached hydrogens (primary N) is 1. The first-order chi connectivity index (χ1) is 5.11. The summed E-state index contributed by atoms with van der Waals surface area (Å²) in [4.78, 5) is 21.6. The van der Waals surface area contributed by atoms with E-state index in [9.17, 15) is 9.59 Å². The van der Waals surface area contributed by atoms with E-state index in [1.54, 1.807) is 0 Å². The summed E-state index contributed by atoms with van der Waals surface area (Å²) in [7, 11) is 0. The second-order valence-corrected chi connectivity index (χ2v) is 2.44. The molecule has 0 bridgehead atoms. The van der Waals surface area contributed by atoms with Crippen LogP contribution in [0.5, 0.6) is 0 Å². The van der Waals surface area contributed by atoms with Gasteiger partial charge in [-0.1, -0.05) is 12.2 Å². The van der Waals surface area contributed by atoms with Gasteiger partial charge in [0.25, 0.3) is 0 Å². The maximum absolute atomic E-state index is 10.7. The summed E-state index contributed by atoms with van der Waals surface area (Å²) in [5.74, 6) is 0. The van der Waals surface area contributed by atoms with Gasteiger partial charge in [-0.25, -0.2) is 24.4 Å². The lowest BCUT2D eigenvalue weighted by molar-refractivity contribution is 0.779. The summed E-state index contributed by atoms with van der Waals surface area (Å²) in [6, 6.07) is 0. The molecule has 0 aliphatic carbocycles. The average molecular weight is 174 g/mol. The highest BCUT2D eigenvalue weighted by molar-refractivity contribution is 7.80. The molecule has 0 radical (unpaired) electrons. The summed E-state index contributed by atoms with van der Waals surface area (Å²) in [5, 5.41) is 4.19. The quantitative estimate of drug-likeness (QED) is 0.458. The number of nitrogens with zero attached hydrogens (tertiary/aromatic N) is 1. The highest BCUT2D eigenvalue weighted by Crippen LogP contribution is 1.69. The van der Waals surface area contributed by atoms with Crippen LogP contribution in [0.3, 0.4) is 0 Å². The van der Waals surface area contributed by atoms with E-state index in [0.29, 0.717) is 0 Å². The summed E-state index contributed by atoms with van der Waals surface area (Å²) >= 11 is 4.51. The van der Waals surface area contributed by atoms with Crippen LogP contribution in [-0.2, 0) is 6.54 Å². The zero-order chi connectivity index (χ0) is 8.43. The van der Waals surface area contributed by atoms with E-state index >= 15 is 0 Å². The van der Waals surface area contributed by atoms with E-state index in [1.807, 2.05) is 0 Å². The first-order valence-electron chi connectivity index (χ1n) is 2.77. The zero-order valence-electron chi connectivity index (χ0n) is 5.46. The number of aromatic nitrogens is 3. The van der Waals surface area contributed by atoms with Gasteiger partial charge in [-0.15, -0.1) is 0 Å². The van der Waals surface area contributed by atoms with Crippen molar-refractivity contribution in [3.63, 3.8) is 0 Å². The molecule has 60 valence electrons. The van der Waals surface area contributed by atoms with Gasteiger partial charge in [0.05, 0.1) is 11.5 Å². The number of nitrogens with one attached hydrogen (secondary N) is 2. The third kappa shape index (κ3) is 1.55. The van der Waals surface area contributed by atoms with Crippen LogP contribution >= 0.6 is 12.2 Å². The van der Waals surface area contributed by atoms with Gasteiger partial charge in [0.2, 0.25) is 0 Å². The van der Waals surface area contributed by atoms with Crippen molar-refractivity contribution in [2.24, 2.45) is 5.73 Å². The molecule has 1 heterocycles. The van der Waals surface area contributed by atoms with Gasteiger partial charge in [0, 0.05) is 0 Å². The molecule has 0 aliphatic rings. The number of H-pyrrole nitrogens is 2. The van der Waals surface area contributed by atoms with Crippen molar-refractivity contribution < 1.29 is 0 Å². The molecule has 0 amide bonds. The maximum Gasteiger partial charge on any atom is 0.344 e. The van der Waals surface area contributed by atoms with Crippen LogP contribution in [0.15, 0.2) is 9.59 Å². The van der Waals surface area contributed by atoms with Crippen LogP contribution in [0.25, 0.3) is 0 Å². The molecular weight excluding hydrogens is 168 g/mol. The predicted molar refractivity (Wildman–Crippen MR) is 42.5 cm³/mol. The zero-order valence-corrected chi connectivity index (χ0v) is 6.27. The first-order valence-corrected chi connectivity index (χ1v) is 3.18. The topological polar surface area (TPSA) is 96.7 Å². The fourth-order valence-electron chi connectivity index (χ4n) is 0.634. The van der Waals surface area contributed by atoms with E-state index in [2.05, 4.69) is 22.4 Å². The van der Waals surface area contributed by atoms with Crippen LogP contribution in [-0.4, -0.2) is 19.8 Å². The van der Waals surface area contributed by atoms with Crippen molar-refractivity contribution in [2.75, 3.05) is 0 Å². The Kier molecular flexibility index (Phi) is 1.90. The Hall–Kier alpha value is -1.37. The lowest BCUT2D eigenvalue weighted by Crippen LogP contribution is -2.32. The summed E-state index contributed by atoms with van der Waals surface area (Å²) in [5.41, 5.74) is 4.05. The Balaban J connectivity index is 3.12. The molecule has 1 rings (SSSR count). The van der Waals surface area contributed by atoms with Gasteiger partial charge in [0.15, 0.2) is 0 Å². The van der Waals surface area contributed by atoms with Crippen LogP contribution in [0.2, 0.25) is 0 Å². The second kappa shape index (κ2) is 2.70. The Labute approximate surface area is 66.0 Å². The van der Waals surface area contributed by atoms with E-state index in [1.165, 1.54) is 0 Å². The molecule has 11 heavy (non-hydrogen) atoms. The highest BCUT2D eigenvalue weighted by atomic mass is 32.1. The molecule has 0 saturated carbocycles. The molecule has 0 saturated heterocycles. The number of thiocarbonyl (C=S) groups is 1. The van der Waals surface area contributed by atoms with Gasteiger partial charge in [-0.3, -0.25) is 0 Å². The molecule has 4 N–H and O–H groups in total. The standard InChI is InChI=1S/C4H6N4O2S/c5-2(11)1-8-3(9)6-7-4(8)10/h1H2,(H2,5,11)(H,6,9)(H,7,10). The predicted octanol–water partition coefficient (Wildman–Crippen LogP) is -1.85. The van der Waals surface area contributed by atoms with Crippen LogP contribution in [0, 0.1) is 0 Å². The number of rotatable bonds is 2. The lowest BCUT2D eigenvalue weighted by Gasteiger charge is -1.93. The van der Waals surface area contributed by atoms with E-state index < -0.39 is 11.4 Å². The minimum atomic E-state index is -0.539. The normalized spacial score (nSPS) is 9.82. The van der Waals surface area contributed by atoms with Gasteiger partial charge in [-0.2, -0.15) is 0 Å². The molecule has 0 fully saturated rings. The number of aromatic amines is 2. The van der Waals surface area contributed by atoms with Crippen molar-refractivity contribution in [3.8, 4) is 0 Å². The SMILES string of the molecule is NC(=S)Cn1c(=O)[nH][nH]c1=O. The third-order valence-electron chi connectivity index (χ3n) is 1.08. The summed E-state index contributed by atoms with van der Waals surface area (Å²) in [6.07, 6.45) is 0. The fourth-order valence-corrected chi connectivity index (χ4v) is 0.763. The molecule has 1 aromatic rings. The molecule has 0 aromatic carbocycles.